The smallest absolute Gasteiger partial charge is 0.657 e. The van der Waals surface area contributed by atoms with Crippen LogP contribution in [0.2, 0.25) is 0 Å². The van der Waals surface area contributed by atoms with Crippen LogP contribution in [0.5, 0.6) is 0 Å². The van der Waals surface area contributed by atoms with Crippen LogP contribution >= 0.6 is 0 Å². The first kappa shape index (κ1) is 30.1. The molecule has 0 saturated carbocycles. The van der Waals surface area contributed by atoms with Crippen molar-refractivity contribution in [2.75, 3.05) is 0 Å². The Morgan fingerprint density at radius 3 is 1.43 bits per heavy atom. The van der Waals surface area contributed by atoms with Crippen molar-refractivity contribution in [2.24, 2.45) is 15.0 Å². The molecule has 0 saturated heterocycles. The van der Waals surface area contributed by atoms with Crippen molar-refractivity contribution in [3.05, 3.63) is 61.6 Å². The minimum absolute atomic E-state index is 0. The fourth-order valence-electron chi connectivity index (χ4n) is 4.72. The number of nitriles is 1. The molecule has 0 fully saturated rings. The maximum Gasteiger partial charge on any atom is 2.00 e. The summed E-state index contributed by atoms with van der Waals surface area (Å²) in [5.41, 5.74) is 14.5. The number of aliphatic imine (C=N–C) groups is 3. The SMILES string of the molecule is CCC1=C(C)/C(=C/c2[n-]c(/C=C3\N=C(C)C(CC)=C3C)c(CC)c2CC)N=C1C.N#CN=C=[N-].[Zn+2]. The molecule has 3 rings (SSSR count). The fraction of sp³-hybridized carbons (Fsp3) is 0.429. The van der Waals surface area contributed by atoms with Gasteiger partial charge in [0, 0.05) is 11.4 Å². The summed E-state index contributed by atoms with van der Waals surface area (Å²) in [6, 6.07) is 1.28. The first-order valence-electron chi connectivity index (χ1n) is 11.9. The van der Waals surface area contributed by atoms with E-state index in [0.717, 1.165) is 59.9 Å². The molecule has 0 spiro atoms. The molecular formula is C28H34N6Zn. The third kappa shape index (κ3) is 6.60. The molecular weight excluding hydrogens is 486 g/mol. The summed E-state index contributed by atoms with van der Waals surface area (Å²) in [5.74, 6) is 0. The van der Waals surface area contributed by atoms with E-state index in [0.29, 0.717) is 0 Å². The molecule has 3 heterocycles. The Labute approximate surface area is 222 Å². The summed E-state index contributed by atoms with van der Waals surface area (Å²) in [4.78, 5) is 17.3. The molecule has 7 heteroatoms. The van der Waals surface area contributed by atoms with Crippen LogP contribution < -0.4 is 4.98 Å². The van der Waals surface area contributed by atoms with Gasteiger partial charge in [-0.15, -0.1) is 17.4 Å². The van der Waals surface area contributed by atoms with Crippen LogP contribution in [-0.2, 0) is 32.3 Å². The van der Waals surface area contributed by atoms with Crippen molar-refractivity contribution in [3.8, 4) is 6.19 Å². The number of hydrogen-bond donors (Lipinski definition) is 0. The van der Waals surface area contributed by atoms with Gasteiger partial charge in [-0.25, -0.2) is 0 Å². The van der Waals surface area contributed by atoms with Crippen molar-refractivity contribution in [1.29, 1.82) is 5.26 Å². The number of rotatable bonds is 6. The molecule has 0 N–H and O–H groups in total. The number of hydrogen-bond acceptors (Lipinski definition) is 4. The molecule has 0 amide bonds. The van der Waals surface area contributed by atoms with Crippen LogP contribution in [-0.4, -0.2) is 17.4 Å². The monoisotopic (exact) mass is 518 g/mol. The van der Waals surface area contributed by atoms with Gasteiger partial charge in [0.2, 0.25) is 0 Å². The predicted octanol–water partition coefficient (Wildman–Crippen LogP) is 7.06. The van der Waals surface area contributed by atoms with E-state index in [1.54, 1.807) is 0 Å². The summed E-state index contributed by atoms with van der Waals surface area (Å²) >= 11 is 0. The van der Waals surface area contributed by atoms with Crippen LogP contribution in [0.1, 0.15) is 90.7 Å². The summed E-state index contributed by atoms with van der Waals surface area (Å²) in [6.07, 6.45) is 9.64. The summed E-state index contributed by atoms with van der Waals surface area (Å²) in [7, 11) is 0. The summed E-state index contributed by atoms with van der Waals surface area (Å²) < 4.78 is 0. The molecule has 0 unspecified atom stereocenters. The number of aromatic nitrogens is 1. The van der Waals surface area contributed by atoms with Crippen LogP contribution in [0.4, 0.5) is 0 Å². The van der Waals surface area contributed by atoms with Gasteiger partial charge >= 0.3 is 19.5 Å². The summed E-state index contributed by atoms with van der Waals surface area (Å²) in [5, 5.41) is 14.9. The fourth-order valence-corrected chi connectivity index (χ4v) is 4.72. The molecule has 0 aromatic carbocycles. The minimum atomic E-state index is 0. The van der Waals surface area contributed by atoms with E-state index in [9.17, 15) is 0 Å². The molecule has 178 valence electrons. The molecule has 0 atom stereocenters. The third-order valence-electron chi connectivity index (χ3n) is 6.41. The van der Waals surface area contributed by atoms with Crippen LogP contribution in [0, 0.1) is 11.5 Å². The normalized spacial score (nSPS) is 17.0. The van der Waals surface area contributed by atoms with Crippen molar-refractivity contribution in [1.82, 2.24) is 4.98 Å². The molecule has 1 aromatic heterocycles. The second kappa shape index (κ2) is 13.8. The first-order valence-corrected chi connectivity index (χ1v) is 11.9. The zero-order chi connectivity index (χ0) is 25.4. The van der Waals surface area contributed by atoms with E-state index in [-0.39, 0.29) is 19.5 Å². The van der Waals surface area contributed by atoms with E-state index in [1.165, 1.54) is 45.6 Å². The van der Waals surface area contributed by atoms with E-state index in [1.807, 2.05) is 0 Å². The molecule has 0 aliphatic carbocycles. The van der Waals surface area contributed by atoms with E-state index in [4.69, 9.17) is 25.6 Å². The standard InChI is InChI=1S/C26H34N3.C2N3.Zn/c1-9-19-15(5)23(27-17(19)7)13-25-21(11-3)22(12-4)26(29-25)14-24-16(6)20(10-2)18(8)28-24;3-1-5-2-4;/h13-14H,9-12H2,1-8H3;;/q2*-1;+2/b23-13-,24-14-;;. The Balaban J connectivity index is 0.000000927. The van der Waals surface area contributed by atoms with Crippen LogP contribution in [0.15, 0.2) is 48.7 Å². The largest absolute Gasteiger partial charge is 2.00 e. The molecule has 6 nitrogen and oxygen atoms in total. The van der Waals surface area contributed by atoms with E-state index < -0.39 is 0 Å². The zero-order valence-electron chi connectivity index (χ0n) is 22.4. The van der Waals surface area contributed by atoms with Gasteiger partial charge in [0.15, 0.2) is 0 Å². The quantitative estimate of drug-likeness (QED) is 0.228. The second-order valence-electron chi connectivity index (χ2n) is 8.23. The van der Waals surface area contributed by atoms with Gasteiger partial charge < -0.3 is 15.4 Å². The molecule has 2 aliphatic rings. The molecule has 35 heavy (non-hydrogen) atoms. The van der Waals surface area contributed by atoms with Crippen molar-refractivity contribution < 1.29 is 19.5 Å². The number of allylic oxidation sites excluding steroid dienone is 4. The van der Waals surface area contributed by atoms with Crippen molar-refractivity contribution in [2.45, 2.75) is 81.1 Å². The van der Waals surface area contributed by atoms with E-state index >= 15 is 0 Å². The molecule has 0 radical (unpaired) electrons. The predicted molar refractivity (Wildman–Crippen MR) is 143 cm³/mol. The maximum absolute atomic E-state index is 7.43. The van der Waals surface area contributed by atoms with Crippen molar-refractivity contribution >= 4 is 29.6 Å². The van der Waals surface area contributed by atoms with Gasteiger partial charge in [-0.1, -0.05) is 51.0 Å². The van der Waals surface area contributed by atoms with Gasteiger partial charge in [0.25, 0.3) is 0 Å². The number of nitrogens with zero attached hydrogens (tertiary/aromatic N) is 6. The average molecular weight is 520 g/mol. The van der Waals surface area contributed by atoms with Gasteiger partial charge in [0.1, 0.15) is 0 Å². The third-order valence-corrected chi connectivity index (χ3v) is 6.41. The molecule has 1 aromatic rings. The van der Waals surface area contributed by atoms with Gasteiger partial charge in [0.05, 0.1) is 17.6 Å². The van der Waals surface area contributed by atoms with Gasteiger partial charge in [-0.2, -0.15) is 5.26 Å². The Morgan fingerprint density at radius 2 is 1.20 bits per heavy atom. The Kier molecular flexibility index (Phi) is 11.9. The average Bonchev–Trinajstić information content (AvgIpc) is 3.39. The van der Waals surface area contributed by atoms with E-state index in [2.05, 4.69) is 72.5 Å². The van der Waals surface area contributed by atoms with Gasteiger partial charge in [-0.05, 0) is 75.7 Å². The Hall–Kier alpha value is -2.93. The molecule has 2 aliphatic heterocycles. The maximum atomic E-state index is 7.43. The van der Waals surface area contributed by atoms with Crippen molar-refractivity contribution in [3.63, 3.8) is 0 Å². The Bertz CT molecular complexity index is 1150. The van der Waals surface area contributed by atoms with Gasteiger partial charge in [-0.3, -0.25) is 9.98 Å². The first-order chi connectivity index (χ1) is 16.3. The minimum Gasteiger partial charge on any atom is -0.657 e. The Morgan fingerprint density at radius 1 is 0.800 bits per heavy atom. The molecule has 0 bridgehead atoms. The van der Waals surface area contributed by atoms with Crippen LogP contribution in [0.3, 0.4) is 0 Å². The topological polar surface area (TPSA) is 97.3 Å². The zero-order valence-corrected chi connectivity index (χ0v) is 25.3. The van der Waals surface area contributed by atoms with Crippen LogP contribution in [0.25, 0.3) is 17.6 Å². The second-order valence-corrected chi connectivity index (χ2v) is 8.23. The summed E-state index contributed by atoms with van der Waals surface area (Å²) in [6.45, 7) is 17.4.